The van der Waals surface area contributed by atoms with E-state index >= 15 is 0 Å². The van der Waals surface area contributed by atoms with E-state index in [1.54, 1.807) is 12.1 Å². The molecule has 0 aromatic heterocycles. The molecule has 106 valence electrons. The first kappa shape index (κ1) is 14.3. The predicted octanol–water partition coefficient (Wildman–Crippen LogP) is 3.86. The van der Waals surface area contributed by atoms with Gasteiger partial charge >= 0.3 is 0 Å². The second-order valence-corrected chi connectivity index (χ2v) is 5.69. The smallest absolute Gasteiger partial charge is 0.146 e. The van der Waals surface area contributed by atoms with E-state index in [9.17, 15) is 4.39 Å². The number of nitrogens with two attached hydrogens (primary N) is 1. The second kappa shape index (κ2) is 6.38. The van der Waals surface area contributed by atoms with E-state index in [0.29, 0.717) is 0 Å². The zero-order valence-electron chi connectivity index (χ0n) is 12.0. The van der Waals surface area contributed by atoms with Gasteiger partial charge in [-0.1, -0.05) is 31.9 Å². The van der Waals surface area contributed by atoms with E-state index in [1.807, 2.05) is 13.0 Å². The minimum atomic E-state index is -0.135. The summed E-state index contributed by atoms with van der Waals surface area (Å²) in [6.07, 6.45) is 4.88. The number of anilines is 1. The van der Waals surface area contributed by atoms with Gasteiger partial charge < -0.3 is 10.6 Å². The van der Waals surface area contributed by atoms with Crippen molar-refractivity contribution in [2.45, 2.75) is 45.6 Å². The molecule has 1 aliphatic heterocycles. The van der Waals surface area contributed by atoms with Crippen molar-refractivity contribution >= 4 is 5.69 Å². The van der Waals surface area contributed by atoms with Gasteiger partial charge in [0.15, 0.2) is 0 Å². The van der Waals surface area contributed by atoms with Gasteiger partial charge in [-0.25, -0.2) is 4.39 Å². The maximum absolute atomic E-state index is 14.1. The topological polar surface area (TPSA) is 29.3 Å². The Labute approximate surface area is 115 Å². The monoisotopic (exact) mass is 264 g/mol. The average molecular weight is 264 g/mol. The molecule has 1 aromatic rings. The maximum atomic E-state index is 14.1. The van der Waals surface area contributed by atoms with Gasteiger partial charge in [-0.2, -0.15) is 0 Å². The van der Waals surface area contributed by atoms with Crippen LogP contribution in [-0.4, -0.2) is 13.1 Å². The van der Waals surface area contributed by atoms with Crippen molar-refractivity contribution in [1.29, 1.82) is 0 Å². The lowest BCUT2D eigenvalue weighted by Crippen LogP contribution is -2.35. The lowest BCUT2D eigenvalue weighted by atomic mass is 9.91. The summed E-state index contributed by atoms with van der Waals surface area (Å²) in [5.74, 6) is 0.676. The highest BCUT2D eigenvalue weighted by Gasteiger charge is 2.23. The van der Waals surface area contributed by atoms with E-state index in [1.165, 1.54) is 25.7 Å². The average Bonchev–Trinajstić information content (AvgIpc) is 2.40. The molecule has 1 aliphatic rings. The number of hydrogen-bond donors (Lipinski definition) is 1. The van der Waals surface area contributed by atoms with Crippen LogP contribution in [0.15, 0.2) is 18.2 Å². The Bertz CT molecular complexity index is 409. The van der Waals surface area contributed by atoms with Crippen LogP contribution in [0.4, 0.5) is 10.1 Å². The number of benzene rings is 1. The van der Waals surface area contributed by atoms with Gasteiger partial charge in [0.05, 0.1) is 5.69 Å². The number of rotatable bonds is 4. The van der Waals surface area contributed by atoms with Crippen LogP contribution >= 0.6 is 0 Å². The molecule has 1 heterocycles. The van der Waals surface area contributed by atoms with Crippen molar-refractivity contribution in [2.75, 3.05) is 18.0 Å². The Morgan fingerprint density at radius 2 is 2.05 bits per heavy atom. The van der Waals surface area contributed by atoms with Gasteiger partial charge in [0.1, 0.15) is 5.82 Å². The Morgan fingerprint density at radius 3 is 2.63 bits per heavy atom. The van der Waals surface area contributed by atoms with Gasteiger partial charge in [-0.15, -0.1) is 0 Å². The Hall–Kier alpha value is -1.09. The largest absolute Gasteiger partial charge is 0.369 e. The van der Waals surface area contributed by atoms with Crippen molar-refractivity contribution in [3.05, 3.63) is 29.6 Å². The number of para-hydroxylation sites is 1. The van der Waals surface area contributed by atoms with Crippen molar-refractivity contribution in [3.8, 4) is 0 Å². The van der Waals surface area contributed by atoms with Crippen LogP contribution in [0.1, 0.15) is 51.1 Å². The summed E-state index contributed by atoms with van der Waals surface area (Å²) in [6.45, 7) is 6.05. The molecule has 1 aromatic carbocycles. The summed E-state index contributed by atoms with van der Waals surface area (Å²) < 4.78 is 14.1. The van der Waals surface area contributed by atoms with E-state index < -0.39 is 0 Å². The summed E-state index contributed by atoms with van der Waals surface area (Å²) in [7, 11) is 0. The lowest BCUT2D eigenvalue weighted by molar-refractivity contribution is 0.376. The van der Waals surface area contributed by atoms with E-state index in [4.69, 9.17) is 5.73 Å². The van der Waals surface area contributed by atoms with Crippen LogP contribution in [0.5, 0.6) is 0 Å². The maximum Gasteiger partial charge on any atom is 0.146 e. The Kier molecular flexibility index (Phi) is 4.81. The van der Waals surface area contributed by atoms with Crippen LogP contribution in [-0.2, 0) is 0 Å². The normalized spacial score (nSPS) is 18.6. The molecule has 0 radical (unpaired) electrons. The minimum absolute atomic E-state index is 0.126. The molecule has 1 saturated heterocycles. The molecule has 0 spiro atoms. The number of halogens is 1. The number of hydrogen-bond acceptors (Lipinski definition) is 2. The summed E-state index contributed by atoms with van der Waals surface area (Å²) in [5.41, 5.74) is 7.63. The zero-order chi connectivity index (χ0) is 13.8. The summed E-state index contributed by atoms with van der Waals surface area (Å²) in [6, 6.07) is 5.11. The predicted molar refractivity (Wildman–Crippen MR) is 78.8 cm³/mol. The van der Waals surface area contributed by atoms with Crippen LogP contribution < -0.4 is 10.6 Å². The molecule has 3 heteroatoms. The van der Waals surface area contributed by atoms with E-state index in [0.717, 1.165) is 30.3 Å². The molecule has 2 N–H and O–H groups in total. The van der Waals surface area contributed by atoms with E-state index in [-0.39, 0.29) is 11.9 Å². The Balaban J connectivity index is 2.15. The molecule has 0 bridgehead atoms. The standard InChI is InChI=1S/C16H25FN2/c1-3-5-13-8-10-19(11-9-13)16-14(12(2)18)6-4-7-15(16)17/h4,6-7,12-13H,3,5,8-11,18H2,1-2H3/t12-/m1/s1. The van der Waals surface area contributed by atoms with Crippen LogP contribution in [0.2, 0.25) is 0 Å². The third-order valence-corrected chi connectivity index (χ3v) is 4.14. The molecular weight excluding hydrogens is 239 g/mol. The highest BCUT2D eigenvalue weighted by Crippen LogP contribution is 2.32. The van der Waals surface area contributed by atoms with Crippen LogP contribution in [0.3, 0.4) is 0 Å². The fourth-order valence-electron chi connectivity index (χ4n) is 3.09. The zero-order valence-corrected chi connectivity index (χ0v) is 12.0. The molecule has 0 saturated carbocycles. The lowest BCUT2D eigenvalue weighted by Gasteiger charge is -2.35. The van der Waals surface area contributed by atoms with Crippen molar-refractivity contribution in [3.63, 3.8) is 0 Å². The van der Waals surface area contributed by atoms with Gasteiger partial charge in [-0.05, 0) is 37.3 Å². The number of nitrogens with zero attached hydrogens (tertiary/aromatic N) is 1. The van der Waals surface area contributed by atoms with Gasteiger partial charge in [-0.3, -0.25) is 0 Å². The molecule has 2 rings (SSSR count). The first-order chi connectivity index (χ1) is 9.13. The number of piperidine rings is 1. The van der Waals surface area contributed by atoms with Crippen LogP contribution in [0, 0.1) is 11.7 Å². The minimum Gasteiger partial charge on any atom is -0.369 e. The molecular formula is C16H25FN2. The van der Waals surface area contributed by atoms with Gasteiger partial charge in [0, 0.05) is 19.1 Å². The fourth-order valence-corrected chi connectivity index (χ4v) is 3.09. The van der Waals surface area contributed by atoms with Crippen LogP contribution in [0.25, 0.3) is 0 Å². The summed E-state index contributed by atoms with van der Waals surface area (Å²) in [4.78, 5) is 2.18. The molecule has 0 aliphatic carbocycles. The highest BCUT2D eigenvalue weighted by molar-refractivity contribution is 5.56. The molecule has 19 heavy (non-hydrogen) atoms. The third-order valence-electron chi connectivity index (χ3n) is 4.14. The fraction of sp³-hybridized carbons (Fsp3) is 0.625. The van der Waals surface area contributed by atoms with Gasteiger partial charge in [0.2, 0.25) is 0 Å². The summed E-state index contributed by atoms with van der Waals surface area (Å²) in [5, 5.41) is 0. The quantitative estimate of drug-likeness (QED) is 0.894. The van der Waals surface area contributed by atoms with Crippen molar-refractivity contribution in [1.82, 2.24) is 0 Å². The first-order valence-electron chi connectivity index (χ1n) is 7.42. The molecule has 0 unspecified atom stereocenters. The third kappa shape index (κ3) is 3.27. The van der Waals surface area contributed by atoms with Gasteiger partial charge in [0.25, 0.3) is 0 Å². The molecule has 1 fully saturated rings. The van der Waals surface area contributed by atoms with E-state index in [2.05, 4.69) is 11.8 Å². The van der Waals surface area contributed by atoms with Crippen molar-refractivity contribution < 1.29 is 4.39 Å². The van der Waals surface area contributed by atoms with Crippen molar-refractivity contribution in [2.24, 2.45) is 11.7 Å². The molecule has 0 amide bonds. The Morgan fingerprint density at radius 1 is 1.37 bits per heavy atom. The highest BCUT2D eigenvalue weighted by atomic mass is 19.1. The second-order valence-electron chi connectivity index (χ2n) is 5.69. The summed E-state index contributed by atoms with van der Waals surface area (Å²) >= 11 is 0. The molecule has 1 atom stereocenters. The first-order valence-corrected chi connectivity index (χ1v) is 7.42. The SMILES string of the molecule is CCCC1CCN(c2c(F)cccc2[C@@H](C)N)CC1. The molecule has 2 nitrogen and oxygen atoms in total.